The van der Waals surface area contributed by atoms with Crippen LogP contribution in [0.1, 0.15) is 11.6 Å². The van der Waals surface area contributed by atoms with E-state index in [9.17, 15) is 15.3 Å². The molecular weight excluding hydrogens is 450 g/mol. The van der Waals surface area contributed by atoms with Gasteiger partial charge in [0.1, 0.15) is 45.6 Å². The van der Waals surface area contributed by atoms with E-state index in [-0.39, 0.29) is 0 Å². The Hall–Kier alpha value is -2.04. The fourth-order valence-electron chi connectivity index (χ4n) is 3.07. The molecular formula is C18H16ClN5O4S2. The van der Waals surface area contributed by atoms with Gasteiger partial charge >= 0.3 is 0 Å². The van der Waals surface area contributed by atoms with Crippen LogP contribution >= 0.6 is 34.7 Å². The van der Waals surface area contributed by atoms with E-state index >= 15 is 0 Å². The van der Waals surface area contributed by atoms with E-state index in [4.69, 9.17) is 22.8 Å². The Morgan fingerprint density at radius 3 is 2.87 bits per heavy atom. The minimum absolute atomic E-state index is 0.343. The number of hydrogen-bond acceptors (Lipinski definition) is 10. The van der Waals surface area contributed by atoms with E-state index in [1.807, 2.05) is 0 Å². The zero-order valence-corrected chi connectivity index (χ0v) is 17.6. The van der Waals surface area contributed by atoms with Crippen LogP contribution in [0, 0.1) is 12.3 Å². The van der Waals surface area contributed by atoms with Crippen molar-refractivity contribution in [2.24, 2.45) is 0 Å². The Kier molecular flexibility index (Phi) is 6.35. The average molecular weight is 466 g/mol. The normalized spacial score (nSPS) is 26.4. The zero-order valence-electron chi connectivity index (χ0n) is 15.2. The molecule has 4 heterocycles. The molecule has 0 spiro atoms. The molecule has 1 saturated heterocycles. The summed E-state index contributed by atoms with van der Waals surface area (Å²) in [6.07, 6.45) is 6.80. The number of aliphatic hydroxyl groups is 3. The standard InChI is InChI=1S/C18H16ClN5O4S2/c1-2-9-3-10(5-20-4-9)30-18-16(27)14(15(26)12(7-25)28-18)24-6-11(22-23-24)17-21-13(19)8-29-17/h1,3-6,8,12,14-16,18,25-27H,7H2/t12?,14-,15-,16?,18+/m0/s1. The number of thiazole rings is 1. The van der Waals surface area contributed by atoms with Crippen LogP contribution in [0.3, 0.4) is 0 Å². The Balaban J connectivity index is 1.61. The van der Waals surface area contributed by atoms with Crippen LogP contribution < -0.4 is 0 Å². The molecule has 4 rings (SSSR count). The largest absolute Gasteiger partial charge is 0.394 e. The molecule has 0 bridgehead atoms. The summed E-state index contributed by atoms with van der Waals surface area (Å²) in [6, 6.07) is 0.829. The summed E-state index contributed by atoms with van der Waals surface area (Å²) in [6.45, 7) is -0.437. The summed E-state index contributed by atoms with van der Waals surface area (Å²) in [4.78, 5) is 8.90. The smallest absolute Gasteiger partial charge is 0.147 e. The van der Waals surface area contributed by atoms with E-state index in [1.54, 1.807) is 30.0 Å². The minimum atomic E-state index is -1.22. The Labute approximate surface area is 184 Å². The van der Waals surface area contributed by atoms with Gasteiger partial charge in [-0.2, -0.15) is 0 Å². The first-order valence-electron chi connectivity index (χ1n) is 8.74. The van der Waals surface area contributed by atoms with E-state index in [0.29, 0.717) is 26.3 Å². The van der Waals surface area contributed by atoms with Gasteiger partial charge < -0.3 is 20.1 Å². The molecule has 0 aliphatic carbocycles. The lowest BCUT2D eigenvalue weighted by atomic mass is 9.97. The lowest BCUT2D eigenvalue weighted by Gasteiger charge is -2.41. The summed E-state index contributed by atoms with van der Waals surface area (Å²) < 4.78 is 7.08. The molecule has 30 heavy (non-hydrogen) atoms. The molecule has 3 aromatic rings. The predicted molar refractivity (Wildman–Crippen MR) is 111 cm³/mol. The number of halogens is 1. The van der Waals surface area contributed by atoms with Gasteiger partial charge in [-0.3, -0.25) is 4.98 Å². The summed E-state index contributed by atoms with van der Waals surface area (Å²) in [5, 5.41) is 42.0. The summed E-state index contributed by atoms with van der Waals surface area (Å²) in [7, 11) is 0. The highest BCUT2D eigenvalue weighted by Crippen LogP contribution is 2.38. The van der Waals surface area contributed by atoms with Gasteiger partial charge in [-0.25, -0.2) is 9.67 Å². The molecule has 3 N–H and O–H groups in total. The van der Waals surface area contributed by atoms with Gasteiger partial charge in [0.15, 0.2) is 0 Å². The lowest BCUT2D eigenvalue weighted by Crippen LogP contribution is -2.55. The van der Waals surface area contributed by atoms with Crippen LogP contribution in [0.4, 0.5) is 0 Å². The number of ether oxygens (including phenoxy) is 1. The number of aliphatic hydroxyl groups excluding tert-OH is 3. The number of terminal acetylenes is 1. The number of hydrogen-bond donors (Lipinski definition) is 3. The molecule has 156 valence electrons. The second-order valence-corrected chi connectivity index (χ2v) is 8.85. The highest BCUT2D eigenvalue weighted by Gasteiger charge is 2.46. The summed E-state index contributed by atoms with van der Waals surface area (Å²) in [5.74, 6) is 2.50. The third-order valence-corrected chi connectivity index (χ3v) is 6.80. The molecule has 9 nitrogen and oxygen atoms in total. The van der Waals surface area contributed by atoms with Gasteiger partial charge in [-0.15, -0.1) is 22.9 Å². The van der Waals surface area contributed by atoms with Crippen molar-refractivity contribution in [3.8, 4) is 23.0 Å². The van der Waals surface area contributed by atoms with Gasteiger partial charge in [0.05, 0.1) is 12.8 Å². The summed E-state index contributed by atoms with van der Waals surface area (Å²) in [5.41, 5.74) is 0.226. The second-order valence-electron chi connectivity index (χ2n) is 6.43. The maximum absolute atomic E-state index is 11.0. The van der Waals surface area contributed by atoms with Crippen LogP contribution in [0.15, 0.2) is 34.9 Å². The van der Waals surface area contributed by atoms with Crippen molar-refractivity contribution >= 4 is 34.7 Å². The molecule has 1 aliphatic rings. The van der Waals surface area contributed by atoms with Gasteiger partial charge in [-0.1, -0.05) is 34.5 Å². The van der Waals surface area contributed by atoms with Gasteiger partial charge in [0.25, 0.3) is 0 Å². The quantitative estimate of drug-likeness (QED) is 0.476. The maximum Gasteiger partial charge on any atom is 0.147 e. The molecule has 0 amide bonds. The van der Waals surface area contributed by atoms with Gasteiger partial charge in [0, 0.05) is 28.2 Å². The van der Waals surface area contributed by atoms with Gasteiger partial charge in [-0.05, 0) is 6.07 Å². The lowest BCUT2D eigenvalue weighted by molar-refractivity contribution is -0.178. The Morgan fingerprint density at radius 1 is 1.33 bits per heavy atom. The molecule has 2 unspecified atom stereocenters. The van der Waals surface area contributed by atoms with E-state index in [2.05, 4.69) is 26.2 Å². The van der Waals surface area contributed by atoms with Crippen molar-refractivity contribution in [2.75, 3.05) is 6.61 Å². The molecule has 3 aromatic heterocycles. The molecule has 0 saturated carbocycles. The molecule has 0 aromatic carbocycles. The summed E-state index contributed by atoms with van der Waals surface area (Å²) >= 11 is 8.35. The third kappa shape index (κ3) is 4.21. The van der Waals surface area contributed by atoms with Crippen molar-refractivity contribution in [1.29, 1.82) is 0 Å². The maximum atomic E-state index is 11.0. The van der Waals surface area contributed by atoms with E-state index in [1.165, 1.54) is 27.8 Å². The van der Waals surface area contributed by atoms with Gasteiger partial charge in [0.2, 0.25) is 0 Å². The SMILES string of the molecule is C#Cc1cncc(S[C@H]2OC(CO)[C@H](O)[C@H](n3cc(-c4nc(Cl)cs4)nn3)C2O)c1. The van der Waals surface area contributed by atoms with Crippen molar-refractivity contribution in [2.45, 2.75) is 34.7 Å². The fraction of sp³-hybridized carbons (Fsp3) is 0.333. The van der Waals surface area contributed by atoms with Crippen LogP contribution in [-0.2, 0) is 4.74 Å². The topological polar surface area (TPSA) is 126 Å². The monoisotopic (exact) mass is 465 g/mol. The Morgan fingerprint density at radius 2 is 2.17 bits per heavy atom. The molecule has 0 radical (unpaired) electrons. The molecule has 1 fully saturated rings. The van der Waals surface area contributed by atoms with Crippen LogP contribution in [0.2, 0.25) is 5.15 Å². The molecule has 5 atom stereocenters. The fourth-order valence-corrected chi connectivity index (χ4v) is 5.05. The van der Waals surface area contributed by atoms with Crippen LogP contribution in [-0.4, -0.2) is 70.6 Å². The predicted octanol–water partition coefficient (Wildman–Crippen LogP) is 1.20. The zero-order chi connectivity index (χ0) is 21.3. The second kappa shape index (κ2) is 8.99. The van der Waals surface area contributed by atoms with Crippen molar-refractivity contribution in [1.82, 2.24) is 25.0 Å². The number of pyridine rings is 1. The minimum Gasteiger partial charge on any atom is -0.394 e. The van der Waals surface area contributed by atoms with E-state index < -0.39 is 36.4 Å². The third-order valence-electron chi connectivity index (χ3n) is 4.49. The Bertz CT molecular complexity index is 1070. The molecule has 1 aliphatic heterocycles. The number of thioether (sulfide) groups is 1. The number of aromatic nitrogens is 5. The van der Waals surface area contributed by atoms with Crippen molar-refractivity contribution in [3.63, 3.8) is 0 Å². The first-order valence-corrected chi connectivity index (χ1v) is 10.9. The van der Waals surface area contributed by atoms with Crippen LogP contribution in [0.5, 0.6) is 0 Å². The highest BCUT2D eigenvalue weighted by atomic mass is 35.5. The van der Waals surface area contributed by atoms with Crippen LogP contribution in [0.25, 0.3) is 10.7 Å². The number of rotatable bonds is 5. The molecule has 12 heteroatoms. The van der Waals surface area contributed by atoms with Crippen molar-refractivity contribution < 1.29 is 20.1 Å². The first-order chi connectivity index (χ1) is 14.5. The number of nitrogens with zero attached hydrogens (tertiary/aromatic N) is 5. The van der Waals surface area contributed by atoms with E-state index in [0.717, 1.165) is 0 Å². The first kappa shape index (κ1) is 21.2. The van der Waals surface area contributed by atoms with Crippen molar-refractivity contribution in [3.05, 3.63) is 40.8 Å². The average Bonchev–Trinajstić information content (AvgIpc) is 3.39. The highest BCUT2D eigenvalue weighted by molar-refractivity contribution is 7.99.